The standard InChI is InChI=1S/C22H28N4O5S/c1-16(21(27)22-23-15-24-25(22)2)32(28,29)26(13-17-5-9-19(30-3)10-6-17)14-18-7-11-20(31-4)12-8-18/h5-12,15-16,21,27H,13-14H2,1-4H3/t16-,21+/m1/s1. The zero-order valence-corrected chi connectivity index (χ0v) is 19.4. The molecule has 3 aromatic rings. The summed E-state index contributed by atoms with van der Waals surface area (Å²) in [6, 6.07) is 14.4. The van der Waals surface area contributed by atoms with Gasteiger partial charge >= 0.3 is 0 Å². The molecule has 0 spiro atoms. The van der Waals surface area contributed by atoms with Crippen LogP contribution in [0.3, 0.4) is 0 Å². The fourth-order valence-electron chi connectivity index (χ4n) is 3.29. The van der Waals surface area contributed by atoms with Crippen LogP contribution in [-0.4, -0.2) is 52.1 Å². The van der Waals surface area contributed by atoms with Crippen molar-refractivity contribution in [3.63, 3.8) is 0 Å². The molecule has 2 atom stereocenters. The number of rotatable bonds is 10. The SMILES string of the molecule is COc1ccc(CN(Cc2ccc(OC)cc2)S(=O)(=O)[C@H](C)[C@H](O)c2ncnn2C)cc1. The number of aromatic nitrogens is 3. The van der Waals surface area contributed by atoms with E-state index in [-0.39, 0.29) is 18.9 Å². The number of hydrogen-bond acceptors (Lipinski definition) is 7. The molecule has 1 aromatic heterocycles. The third-order valence-electron chi connectivity index (χ3n) is 5.32. The summed E-state index contributed by atoms with van der Waals surface area (Å²) in [5.74, 6) is 1.56. The molecular weight excluding hydrogens is 432 g/mol. The molecule has 1 N–H and O–H groups in total. The monoisotopic (exact) mass is 460 g/mol. The van der Waals surface area contributed by atoms with Crippen LogP contribution in [0, 0.1) is 0 Å². The number of aryl methyl sites for hydroxylation is 1. The zero-order valence-electron chi connectivity index (χ0n) is 18.5. The van der Waals surface area contributed by atoms with Crippen molar-refractivity contribution >= 4 is 10.0 Å². The molecule has 0 aliphatic rings. The first-order valence-electron chi connectivity index (χ1n) is 10.0. The Balaban J connectivity index is 1.91. The van der Waals surface area contributed by atoms with Crippen molar-refractivity contribution in [2.24, 2.45) is 7.05 Å². The van der Waals surface area contributed by atoms with Crippen LogP contribution in [0.25, 0.3) is 0 Å². The Labute approximate surface area is 188 Å². The van der Waals surface area contributed by atoms with Crippen LogP contribution in [0.5, 0.6) is 11.5 Å². The van der Waals surface area contributed by atoms with Crippen LogP contribution < -0.4 is 9.47 Å². The minimum Gasteiger partial charge on any atom is -0.497 e. The van der Waals surface area contributed by atoms with Crippen LogP contribution in [-0.2, 0) is 30.2 Å². The van der Waals surface area contributed by atoms with Crippen molar-refractivity contribution in [3.8, 4) is 11.5 Å². The van der Waals surface area contributed by atoms with Crippen LogP contribution in [0.2, 0.25) is 0 Å². The van der Waals surface area contributed by atoms with E-state index >= 15 is 0 Å². The molecule has 10 heteroatoms. The molecule has 0 saturated heterocycles. The van der Waals surface area contributed by atoms with E-state index in [0.717, 1.165) is 11.1 Å². The molecule has 9 nitrogen and oxygen atoms in total. The molecule has 0 radical (unpaired) electrons. The van der Waals surface area contributed by atoms with E-state index in [0.29, 0.717) is 11.5 Å². The van der Waals surface area contributed by atoms with E-state index in [1.807, 2.05) is 24.3 Å². The summed E-state index contributed by atoms with van der Waals surface area (Å²) >= 11 is 0. The summed E-state index contributed by atoms with van der Waals surface area (Å²) in [6.07, 6.45) is -0.0496. The highest BCUT2D eigenvalue weighted by molar-refractivity contribution is 7.89. The van der Waals surface area contributed by atoms with Gasteiger partial charge in [-0.3, -0.25) is 4.68 Å². The van der Waals surface area contributed by atoms with Crippen molar-refractivity contribution in [3.05, 3.63) is 71.8 Å². The number of nitrogens with zero attached hydrogens (tertiary/aromatic N) is 4. The van der Waals surface area contributed by atoms with Gasteiger partial charge < -0.3 is 14.6 Å². The van der Waals surface area contributed by atoms with E-state index in [1.54, 1.807) is 45.5 Å². The molecule has 0 aliphatic heterocycles. The summed E-state index contributed by atoms with van der Waals surface area (Å²) in [6.45, 7) is 1.74. The lowest BCUT2D eigenvalue weighted by Gasteiger charge is -2.28. The summed E-state index contributed by atoms with van der Waals surface area (Å²) < 4.78 is 40.3. The first-order chi connectivity index (χ1) is 15.3. The van der Waals surface area contributed by atoms with E-state index in [9.17, 15) is 13.5 Å². The third-order valence-corrected chi connectivity index (χ3v) is 7.50. The van der Waals surface area contributed by atoms with Crippen molar-refractivity contribution in [2.45, 2.75) is 31.4 Å². The molecule has 0 bridgehead atoms. The van der Waals surface area contributed by atoms with Crippen molar-refractivity contribution in [1.82, 2.24) is 19.1 Å². The van der Waals surface area contributed by atoms with Crippen molar-refractivity contribution in [1.29, 1.82) is 0 Å². The summed E-state index contributed by atoms with van der Waals surface area (Å²) in [5, 5.41) is 13.5. The molecule has 2 aromatic carbocycles. The number of hydrogen-bond donors (Lipinski definition) is 1. The van der Waals surface area contributed by atoms with E-state index < -0.39 is 21.4 Å². The molecule has 3 rings (SSSR count). The predicted molar refractivity (Wildman–Crippen MR) is 120 cm³/mol. The van der Waals surface area contributed by atoms with Crippen LogP contribution in [0.4, 0.5) is 0 Å². The highest BCUT2D eigenvalue weighted by Gasteiger charge is 2.36. The minimum atomic E-state index is -3.93. The van der Waals surface area contributed by atoms with Crippen LogP contribution in [0.1, 0.15) is 30.0 Å². The number of aliphatic hydroxyl groups excluding tert-OH is 1. The highest BCUT2D eigenvalue weighted by atomic mass is 32.2. The number of ether oxygens (including phenoxy) is 2. The molecule has 1 heterocycles. The Morgan fingerprint density at radius 3 is 1.81 bits per heavy atom. The molecule has 0 amide bonds. The molecule has 172 valence electrons. The van der Waals surface area contributed by atoms with Gasteiger partial charge in [0.05, 0.1) is 14.2 Å². The van der Waals surface area contributed by atoms with Gasteiger partial charge in [-0.1, -0.05) is 24.3 Å². The van der Waals surface area contributed by atoms with Crippen LogP contribution >= 0.6 is 0 Å². The van der Waals surface area contributed by atoms with Crippen molar-refractivity contribution in [2.75, 3.05) is 14.2 Å². The van der Waals surface area contributed by atoms with Gasteiger partial charge in [-0.15, -0.1) is 0 Å². The number of benzene rings is 2. The van der Waals surface area contributed by atoms with Gasteiger partial charge in [0.1, 0.15) is 29.2 Å². The Bertz CT molecular complexity index is 1060. The minimum absolute atomic E-state index is 0.133. The second-order valence-corrected chi connectivity index (χ2v) is 9.69. The lowest BCUT2D eigenvalue weighted by molar-refractivity contribution is 0.158. The van der Waals surface area contributed by atoms with Gasteiger partial charge in [0.15, 0.2) is 5.82 Å². The van der Waals surface area contributed by atoms with Crippen molar-refractivity contribution < 1.29 is 23.0 Å². The lowest BCUT2D eigenvalue weighted by atomic mass is 10.2. The smallest absolute Gasteiger partial charge is 0.220 e. The Hall–Kier alpha value is -2.95. The fraction of sp³-hybridized carbons (Fsp3) is 0.364. The average Bonchev–Trinajstić information content (AvgIpc) is 3.24. The van der Waals surface area contributed by atoms with E-state index in [4.69, 9.17) is 9.47 Å². The summed E-state index contributed by atoms with van der Waals surface area (Å²) in [5.41, 5.74) is 1.59. The topological polar surface area (TPSA) is 107 Å². The molecular formula is C22H28N4O5S. The first-order valence-corrected chi connectivity index (χ1v) is 11.5. The normalized spacial score (nSPS) is 13.7. The predicted octanol–water partition coefficient (Wildman–Crippen LogP) is 2.29. The summed E-state index contributed by atoms with van der Waals surface area (Å²) in [7, 11) is 0.826. The molecule has 0 unspecified atom stereocenters. The molecule has 0 aliphatic carbocycles. The second-order valence-electron chi connectivity index (χ2n) is 7.40. The maximum absolute atomic E-state index is 13.6. The maximum atomic E-state index is 13.6. The molecule has 0 saturated carbocycles. The van der Waals surface area contributed by atoms with E-state index in [2.05, 4.69) is 10.1 Å². The van der Waals surface area contributed by atoms with Gasteiger partial charge in [0.25, 0.3) is 0 Å². The average molecular weight is 461 g/mol. The maximum Gasteiger partial charge on any atom is 0.220 e. The Morgan fingerprint density at radius 1 is 0.969 bits per heavy atom. The van der Waals surface area contributed by atoms with Gasteiger partial charge in [-0.25, -0.2) is 13.4 Å². The van der Waals surface area contributed by atoms with E-state index in [1.165, 1.54) is 22.2 Å². The Kier molecular flexibility index (Phi) is 7.49. The quantitative estimate of drug-likeness (QED) is 0.495. The van der Waals surface area contributed by atoms with Gasteiger partial charge in [0, 0.05) is 20.1 Å². The molecule has 32 heavy (non-hydrogen) atoms. The van der Waals surface area contributed by atoms with Gasteiger partial charge in [-0.05, 0) is 42.3 Å². The zero-order chi connectivity index (χ0) is 23.3. The number of methoxy groups -OCH3 is 2. The van der Waals surface area contributed by atoms with Crippen LogP contribution in [0.15, 0.2) is 54.9 Å². The summed E-state index contributed by atoms with van der Waals surface area (Å²) in [4.78, 5) is 4.01. The highest BCUT2D eigenvalue weighted by Crippen LogP contribution is 2.26. The second kappa shape index (κ2) is 10.1. The van der Waals surface area contributed by atoms with Gasteiger partial charge in [0.2, 0.25) is 10.0 Å². The number of sulfonamides is 1. The fourth-order valence-corrected chi connectivity index (χ4v) is 4.86. The van der Waals surface area contributed by atoms with Gasteiger partial charge in [-0.2, -0.15) is 9.40 Å². The Morgan fingerprint density at radius 2 is 1.44 bits per heavy atom. The first kappa shape index (κ1) is 23.7. The number of aliphatic hydroxyl groups is 1. The molecule has 0 fully saturated rings. The lowest BCUT2D eigenvalue weighted by Crippen LogP contribution is -2.40. The third kappa shape index (κ3) is 5.26. The largest absolute Gasteiger partial charge is 0.497 e.